The van der Waals surface area contributed by atoms with Crippen molar-refractivity contribution in [1.82, 2.24) is 9.96 Å². The van der Waals surface area contributed by atoms with E-state index >= 15 is 0 Å². The third-order valence-electron chi connectivity index (χ3n) is 7.39. The molecule has 3 aliphatic rings. The molecule has 0 N–H and O–H groups in total. The maximum Gasteiger partial charge on any atom is 0.416 e. The number of benzene rings is 1. The maximum absolute atomic E-state index is 13.9. The fraction of sp³-hybridized carbons (Fsp3) is 0.500. The second kappa shape index (κ2) is 9.36. The molecule has 4 rings (SSSR count). The minimum atomic E-state index is -4.80. The number of carbonyl (C=O) groups is 3. The van der Waals surface area contributed by atoms with E-state index in [9.17, 15) is 37.7 Å². The lowest BCUT2D eigenvalue weighted by atomic mass is 9.75. The predicted molar refractivity (Wildman–Crippen MR) is 123 cm³/mol. The second-order valence-electron chi connectivity index (χ2n) is 9.47. The highest BCUT2D eigenvalue weighted by atomic mass is 19.4. The number of likely N-dealkylation sites (tertiary alicyclic amines) is 1. The topological polar surface area (TPSA) is 122 Å². The minimum absolute atomic E-state index is 0.00616. The van der Waals surface area contributed by atoms with E-state index in [1.165, 1.54) is 38.0 Å². The van der Waals surface area contributed by atoms with Crippen LogP contribution >= 0.6 is 0 Å². The number of allylic oxidation sites excluding steroid dienone is 1. The highest BCUT2D eigenvalue weighted by molar-refractivity contribution is 6.05. The van der Waals surface area contributed by atoms with E-state index in [-0.39, 0.29) is 54.9 Å². The largest absolute Gasteiger partial charge is 0.416 e. The first-order chi connectivity index (χ1) is 17.3. The lowest BCUT2D eigenvalue weighted by molar-refractivity contribution is -0.505. The van der Waals surface area contributed by atoms with Gasteiger partial charge in [0.05, 0.1) is 35.3 Å². The summed E-state index contributed by atoms with van der Waals surface area (Å²) in [5.41, 5.74) is -2.57. The molecule has 1 spiro atoms. The van der Waals surface area contributed by atoms with E-state index in [4.69, 9.17) is 4.84 Å². The molecule has 3 heterocycles. The van der Waals surface area contributed by atoms with Crippen molar-refractivity contribution in [3.63, 3.8) is 0 Å². The van der Waals surface area contributed by atoms with Crippen LogP contribution in [0.4, 0.5) is 13.2 Å². The number of carbonyl (C=O) groups excluding carboxylic acids is 3. The zero-order valence-corrected chi connectivity index (χ0v) is 20.4. The van der Waals surface area contributed by atoms with Gasteiger partial charge in [0.25, 0.3) is 23.8 Å². The average Bonchev–Trinajstić information content (AvgIpc) is 3.06. The van der Waals surface area contributed by atoms with E-state index in [1.54, 1.807) is 0 Å². The number of hydroxylamine groups is 2. The number of rotatable bonds is 4. The van der Waals surface area contributed by atoms with Crippen LogP contribution in [0.3, 0.4) is 0 Å². The summed E-state index contributed by atoms with van der Waals surface area (Å²) in [7, 11) is 1.21. The van der Waals surface area contributed by atoms with Crippen molar-refractivity contribution < 1.29 is 37.3 Å². The minimum Gasteiger partial charge on any atom is -0.339 e. The quantitative estimate of drug-likeness (QED) is 0.340. The van der Waals surface area contributed by atoms with Gasteiger partial charge in [0, 0.05) is 30.1 Å². The normalized spacial score (nSPS) is 24.1. The molecule has 198 valence electrons. The van der Waals surface area contributed by atoms with Gasteiger partial charge >= 0.3 is 6.18 Å². The molecule has 3 aliphatic heterocycles. The number of alkyl halides is 3. The molecule has 0 bridgehead atoms. The zero-order chi connectivity index (χ0) is 27.3. The Bertz CT molecular complexity index is 1230. The molecule has 37 heavy (non-hydrogen) atoms. The van der Waals surface area contributed by atoms with Gasteiger partial charge in [-0.05, 0) is 38.3 Å². The van der Waals surface area contributed by atoms with Crippen LogP contribution < -0.4 is 0 Å². The van der Waals surface area contributed by atoms with Gasteiger partial charge in [-0.3, -0.25) is 34.3 Å². The molecule has 3 amide bonds. The van der Waals surface area contributed by atoms with Crippen LogP contribution in [0.15, 0.2) is 40.5 Å². The molecule has 0 radical (unpaired) electrons. The summed E-state index contributed by atoms with van der Waals surface area (Å²) in [6.45, 7) is 2.87. The number of halogens is 3. The Labute approximate surface area is 209 Å². The molecule has 13 heteroatoms. The predicted octanol–water partition coefficient (Wildman–Crippen LogP) is 3.11. The SMILES string of the molecule is CON1C(=O)CC2(CCN(C(=O)C3=C(C)N=C(C)C([N+](=O)[O-])C3c3ccccc3C(F)(F)F)CC2)C1=O. The summed E-state index contributed by atoms with van der Waals surface area (Å²) in [4.78, 5) is 60.4. The number of hydrogen-bond acceptors (Lipinski definition) is 7. The number of piperidine rings is 1. The van der Waals surface area contributed by atoms with Crippen molar-refractivity contribution in [3.8, 4) is 0 Å². The highest BCUT2D eigenvalue weighted by Crippen LogP contribution is 2.45. The summed E-state index contributed by atoms with van der Waals surface area (Å²) in [6.07, 6.45) is -4.60. The van der Waals surface area contributed by atoms with Crippen molar-refractivity contribution in [2.45, 2.75) is 51.2 Å². The highest BCUT2D eigenvalue weighted by Gasteiger charge is 2.55. The summed E-state index contributed by atoms with van der Waals surface area (Å²) >= 11 is 0. The fourth-order valence-electron chi connectivity index (χ4n) is 5.58. The average molecular weight is 522 g/mol. The molecule has 2 fully saturated rings. The lowest BCUT2D eigenvalue weighted by Gasteiger charge is -2.39. The Morgan fingerprint density at radius 3 is 2.35 bits per heavy atom. The Balaban J connectivity index is 1.71. The standard InChI is InChI=1S/C24H25F3N4O6/c1-13-18(21(33)29-10-8-23(9-11-29)12-17(32)30(37-3)22(23)34)19(20(31(35)36)14(2)28-13)15-6-4-5-7-16(15)24(25,26)27/h4-7,19-20H,8-12H2,1-3H3. The summed E-state index contributed by atoms with van der Waals surface area (Å²) < 4.78 is 41.8. The molecule has 10 nitrogen and oxygen atoms in total. The van der Waals surface area contributed by atoms with Crippen LogP contribution in [0, 0.1) is 15.5 Å². The van der Waals surface area contributed by atoms with Gasteiger partial charge in [0.1, 0.15) is 0 Å². The number of nitro groups is 1. The van der Waals surface area contributed by atoms with Gasteiger partial charge in [-0.2, -0.15) is 18.2 Å². The van der Waals surface area contributed by atoms with Crippen molar-refractivity contribution in [2.75, 3.05) is 20.2 Å². The van der Waals surface area contributed by atoms with Gasteiger partial charge in [-0.1, -0.05) is 18.2 Å². The fourth-order valence-corrected chi connectivity index (χ4v) is 5.58. The number of aliphatic imine (C=N–C) groups is 1. The molecule has 2 saturated heterocycles. The number of imide groups is 1. The molecule has 0 aliphatic carbocycles. The third-order valence-corrected chi connectivity index (χ3v) is 7.39. The van der Waals surface area contributed by atoms with E-state index in [0.29, 0.717) is 5.06 Å². The second-order valence-corrected chi connectivity index (χ2v) is 9.47. The third kappa shape index (κ3) is 4.41. The Morgan fingerprint density at radius 1 is 1.19 bits per heavy atom. The van der Waals surface area contributed by atoms with E-state index in [1.807, 2.05) is 0 Å². The zero-order valence-electron chi connectivity index (χ0n) is 20.4. The maximum atomic E-state index is 13.9. The molecule has 0 saturated carbocycles. The van der Waals surface area contributed by atoms with Crippen LogP contribution in [0.1, 0.15) is 50.2 Å². The van der Waals surface area contributed by atoms with Crippen LogP contribution in [0.25, 0.3) is 0 Å². The molecular formula is C24H25F3N4O6. The van der Waals surface area contributed by atoms with Gasteiger partial charge in [-0.15, -0.1) is 0 Å². The van der Waals surface area contributed by atoms with Gasteiger partial charge in [0.2, 0.25) is 0 Å². The van der Waals surface area contributed by atoms with Crippen LogP contribution in [0.5, 0.6) is 0 Å². The molecule has 1 aromatic carbocycles. The summed E-state index contributed by atoms with van der Waals surface area (Å²) in [6, 6.07) is 2.83. The number of hydrogen-bond donors (Lipinski definition) is 0. The van der Waals surface area contributed by atoms with Gasteiger partial charge < -0.3 is 4.90 Å². The first-order valence-electron chi connectivity index (χ1n) is 11.6. The molecule has 2 atom stereocenters. The number of nitrogens with zero attached hydrogens (tertiary/aromatic N) is 4. The monoisotopic (exact) mass is 522 g/mol. The smallest absolute Gasteiger partial charge is 0.339 e. The van der Waals surface area contributed by atoms with Crippen LogP contribution in [0.2, 0.25) is 0 Å². The van der Waals surface area contributed by atoms with Crippen molar-refractivity contribution in [2.24, 2.45) is 10.4 Å². The van der Waals surface area contributed by atoms with Crippen LogP contribution in [-0.4, -0.2) is 64.6 Å². The van der Waals surface area contributed by atoms with Gasteiger partial charge in [-0.25, -0.2) is 0 Å². The molecule has 2 unspecified atom stereocenters. The van der Waals surface area contributed by atoms with Gasteiger partial charge in [0.15, 0.2) is 0 Å². The Hall–Kier alpha value is -3.61. The Kier molecular flexibility index (Phi) is 6.69. The molecule has 1 aromatic rings. The first kappa shape index (κ1) is 26.5. The van der Waals surface area contributed by atoms with E-state index in [2.05, 4.69) is 4.99 Å². The first-order valence-corrected chi connectivity index (χ1v) is 11.6. The molecular weight excluding hydrogens is 497 g/mol. The molecule has 0 aromatic heterocycles. The summed E-state index contributed by atoms with van der Waals surface area (Å²) in [5.74, 6) is -3.18. The van der Waals surface area contributed by atoms with E-state index in [0.717, 1.165) is 12.1 Å². The summed E-state index contributed by atoms with van der Waals surface area (Å²) in [5, 5.41) is 12.8. The Morgan fingerprint density at radius 2 is 1.81 bits per heavy atom. The van der Waals surface area contributed by atoms with Crippen molar-refractivity contribution in [3.05, 3.63) is 56.8 Å². The van der Waals surface area contributed by atoms with Crippen molar-refractivity contribution >= 4 is 23.4 Å². The van der Waals surface area contributed by atoms with Crippen molar-refractivity contribution in [1.29, 1.82) is 0 Å². The lowest BCUT2D eigenvalue weighted by Crippen LogP contribution is -2.49. The van der Waals surface area contributed by atoms with Crippen LogP contribution in [-0.2, 0) is 25.4 Å². The van der Waals surface area contributed by atoms with E-state index < -0.39 is 51.8 Å². The number of amides is 3.